The van der Waals surface area contributed by atoms with Gasteiger partial charge in [0.15, 0.2) is 0 Å². The third kappa shape index (κ3) is 1.92. The number of carbonyl (C=O) groups excluding carboxylic acids is 1. The van der Waals surface area contributed by atoms with E-state index in [1.54, 1.807) is 0 Å². The van der Waals surface area contributed by atoms with E-state index < -0.39 is 18.4 Å². The Labute approximate surface area is 81.5 Å². The second kappa shape index (κ2) is 3.77. The minimum atomic E-state index is -1.16. The Morgan fingerprint density at radius 1 is 1.36 bits per heavy atom. The third-order valence-electron chi connectivity index (χ3n) is 2.14. The molecule has 4 heteroatoms. The van der Waals surface area contributed by atoms with Gasteiger partial charge in [-0.15, -0.1) is 0 Å². The van der Waals surface area contributed by atoms with Crippen LogP contribution in [0.25, 0.3) is 0 Å². The third-order valence-corrected chi connectivity index (χ3v) is 2.14. The number of benzene rings is 1. The van der Waals surface area contributed by atoms with Crippen molar-refractivity contribution in [1.29, 1.82) is 0 Å². The molecule has 0 bridgehead atoms. The molecule has 2 atom stereocenters. The maximum Gasteiger partial charge on any atom is 0.326 e. The smallest absolute Gasteiger partial charge is 0.326 e. The number of carbonyl (C=O) groups is 1. The summed E-state index contributed by atoms with van der Waals surface area (Å²) < 4.78 is 4.55. The Balaban J connectivity index is 2.02. The van der Waals surface area contributed by atoms with Gasteiger partial charge in [-0.05, 0) is 12.0 Å². The Hall–Kier alpha value is -1.39. The maximum atomic E-state index is 11.1. The normalized spacial score (nSPS) is 26.2. The number of rotatable bonds is 2. The van der Waals surface area contributed by atoms with E-state index in [1.807, 2.05) is 30.3 Å². The predicted molar refractivity (Wildman–Crippen MR) is 49.2 cm³/mol. The van der Waals surface area contributed by atoms with Crippen LogP contribution in [-0.2, 0) is 16.0 Å². The van der Waals surface area contributed by atoms with Crippen molar-refractivity contribution in [3.05, 3.63) is 35.9 Å². The van der Waals surface area contributed by atoms with Gasteiger partial charge in [-0.3, -0.25) is 4.79 Å². The minimum absolute atomic E-state index is 0.402. The van der Waals surface area contributed by atoms with Gasteiger partial charge in [0.05, 0.1) is 0 Å². The van der Waals surface area contributed by atoms with Gasteiger partial charge in [-0.25, -0.2) is 5.32 Å². The van der Waals surface area contributed by atoms with Crippen LogP contribution in [0, 0.1) is 0 Å². The average Bonchev–Trinajstić information content (AvgIpc) is 2.47. The van der Waals surface area contributed by atoms with Gasteiger partial charge in [0.1, 0.15) is 6.04 Å². The zero-order chi connectivity index (χ0) is 9.97. The first kappa shape index (κ1) is 9.18. The lowest BCUT2D eigenvalue weighted by Crippen LogP contribution is -2.33. The standard InChI is InChI=1S/C10H11NO3/c12-9-8(11-10(13)14-9)6-7-4-2-1-3-5-7/h1-5,8,10-11,13H,6H2. The fraction of sp³-hybridized carbons (Fsp3) is 0.300. The molecule has 1 aromatic carbocycles. The van der Waals surface area contributed by atoms with Crippen LogP contribution >= 0.6 is 0 Å². The number of ether oxygens (including phenoxy) is 1. The lowest BCUT2D eigenvalue weighted by Gasteiger charge is -2.05. The van der Waals surface area contributed by atoms with Gasteiger partial charge in [-0.1, -0.05) is 30.3 Å². The topological polar surface area (TPSA) is 58.6 Å². The van der Waals surface area contributed by atoms with E-state index in [0.29, 0.717) is 6.42 Å². The molecule has 74 valence electrons. The van der Waals surface area contributed by atoms with Crippen molar-refractivity contribution in [3.63, 3.8) is 0 Å². The molecule has 1 saturated heterocycles. The summed E-state index contributed by atoms with van der Waals surface area (Å²) in [6, 6.07) is 9.16. The maximum absolute atomic E-state index is 11.1. The van der Waals surface area contributed by atoms with Crippen molar-refractivity contribution in [2.45, 2.75) is 18.9 Å². The fourth-order valence-corrected chi connectivity index (χ4v) is 1.46. The van der Waals surface area contributed by atoms with Crippen LogP contribution in [0.3, 0.4) is 0 Å². The summed E-state index contributed by atoms with van der Waals surface area (Å²) in [4.78, 5) is 11.1. The first-order valence-electron chi connectivity index (χ1n) is 4.44. The van der Waals surface area contributed by atoms with Gasteiger partial charge in [0.25, 0.3) is 6.41 Å². The summed E-state index contributed by atoms with van der Waals surface area (Å²) >= 11 is 0. The van der Waals surface area contributed by atoms with E-state index in [9.17, 15) is 4.79 Å². The molecule has 2 unspecified atom stereocenters. The van der Waals surface area contributed by atoms with Crippen LogP contribution in [0.2, 0.25) is 0 Å². The number of hydrogen-bond acceptors (Lipinski definition) is 4. The van der Waals surface area contributed by atoms with Crippen LogP contribution in [0.1, 0.15) is 5.56 Å². The largest absolute Gasteiger partial charge is 0.421 e. The molecule has 14 heavy (non-hydrogen) atoms. The van der Waals surface area contributed by atoms with Crippen molar-refractivity contribution in [1.82, 2.24) is 5.32 Å². The summed E-state index contributed by atoms with van der Waals surface area (Å²) in [5.41, 5.74) is 1.04. The molecule has 0 radical (unpaired) electrons. The Morgan fingerprint density at radius 3 is 2.64 bits per heavy atom. The highest BCUT2D eigenvalue weighted by Crippen LogP contribution is 2.09. The molecule has 1 aromatic rings. The summed E-state index contributed by atoms with van der Waals surface area (Å²) in [5.74, 6) is -0.402. The quantitative estimate of drug-likeness (QED) is 0.650. The summed E-state index contributed by atoms with van der Waals surface area (Å²) in [6.07, 6.45) is -0.618. The van der Waals surface area contributed by atoms with Crippen LogP contribution in [0.15, 0.2) is 30.3 Å². The van der Waals surface area contributed by atoms with Crippen molar-refractivity contribution in [3.8, 4) is 0 Å². The summed E-state index contributed by atoms with van der Waals surface area (Å²) in [7, 11) is 0. The van der Waals surface area contributed by atoms with Crippen molar-refractivity contribution >= 4 is 5.97 Å². The summed E-state index contributed by atoms with van der Waals surface area (Å²) in [5, 5.41) is 11.6. The van der Waals surface area contributed by atoms with Crippen molar-refractivity contribution in [2.75, 3.05) is 0 Å². The molecule has 0 aromatic heterocycles. The number of nitrogens with one attached hydrogen (secondary N) is 1. The molecule has 2 N–H and O–H groups in total. The number of hydrogen-bond donors (Lipinski definition) is 2. The van der Waals surface area contributed by atoms with Crippen LogP contribution < -0.4 is 5.32 Å². The highest BCUT2D eigenvalue weighted by molar-refractivity contribution is 5.77. The molecule has 1 fully saturated rings. The van der Waals surface area contributed by atoms with E-state index in [4.69, 9.17) is 5.11 Å². The lowest BCUT2D eigenvalue weighted by atomic mass is 10.1. The SMILES string of the molecule is O=C1OC(O)NC1Cc1ccccc1. The number of aliphatic hydroxyl groups excluding tert-OH is 1. The Kier molecular flexibility index (Phi) is 2.47. The molecule has 0 saturated carbocycles. The van der Waals surface area contributed by atoms with Gasteiger partial charge in [0, 0.05) is 0 Å². The summed E-state index contributed by atoms with van der Waals surface area (Å²) in [6.45, 7) is 0. The van der Waals surface area contributed by atoms with Gasteiger partial charge in [0.2, 0.25) is 0 Å². The van der Waals surface area contributed by atoms with E-state index >= 15 is 0 Å². The van der Waals surface area contributed by atoms with Crippen LogP contribution in [-0.4, -0.2) is 23.5 Å². The van der Waals surface area contributed by atoms with Crippen LogP contribution in [0.5, 0.6) is 0 Å². The highest BCUT2D eigenvalue weighted by Gasteiger charge is 2.31. The fourth-order valence-electron chi connectivity index (χ4n) is 1.46. The molecule has 0 amide bonds. The second-order valence-corrected chi connectivity index (χ2v) is 3.20. The molecule has 4 nitrogen and oxygen atoms in total. The highest BCUT2D eigenvalue weighted by atomic mass is 16.7. The molecule has 1 aliphatic rings. The average molecular weight is 193 g/mol. The first-order chi connectivity index (χ1) is 6.75. The molecular weight excluding hydrogens is 182 g/mol. The lowest BCUT2D eigenvalue weighted by molar-refractivity contribution is -0.155. The molecule has 2 rings (SSSR count). The first-order valence-corrected chi connectivity index (χ1v) is 4.44. The molecule has 1 aliphatic heterocycles. The van der Waals surface area contributed by atoms with Gasteiger partial charge >= 0.3 is 5.97 Å². The zero-order valence-corrected chi connectivity index (χ0v) is 7.51. The van der Waals surface area contributed by atoms with E-state index in [0.717, 1.165) is 5.56 Å². The molecule has 0 spiro atoms. The molecular formula is C10H11NO3. The Bertz CT molecular complexity index is 325. The van der Waals surface area contributed by atoms with Crippen LogP contribution in [0.4, 0.5) is 0 Å². The number of cyclic esters (lactones) is 1. The molecule has 1 heterocycles. The van der Waals surface area contributed by atoms with Gasteiger partial charge in [-0.2, -0.15) is 0 Å². The Morgan fingerprint density at radius 2 is 2.07 bits per heavy atom. The van der Waals surface area contributed by atoms with E-state index in [2.05, 4.69) is 10.1 Å². The second-order valence-electron chi connectivity index (χ2n) is 3.20. The van der Waals surface area contributed by atoms with Crippen molar-refractivity contribution in [2.24, 2.45) is 0 Å². The van der Waals surface area contributed by atoms with Crippen molar-refractivity contribution < 1.29 is 14.6 Å². The van der Waals surface area contributed by atoms with E-state index in [-0.39, 0.29) is 0 Å². The van der Waals surface area contributed by atoms with Gasteiger partial charge < -0.3 is 9.84 Å². The number of esters is 1. The zero-order valence-electron chi connectivity index (χ0n) is 7.51. The number of aliphatic hydroxyl groups is 1. The predicted octanol–water partition coefficient (Wildman–Crippen LogP) is 0.0200. The van der Waals surface area contributed by atoms with E-state index in [1.165, 1.54) is 0 Å². The monoisotopic (exact) mass is 193 g/mol. The minimum Gasteiger partial charge on any atom is -0.421 e. The molecule has 0 aliphatic carbocycles.